The van der Waals surface area contributed by atoms with Gasteiger partial charge in [0.15, 0.2) is 0 Å². The van der Waals surface area contributed by atoms with Gasteiger partial charge in [0.25, 0.3) is 5.91 Å². The van der Waals surface area contributed by atoms with Crippen molar-refractivity contribution in [3.8, 4) is 5.75 Å². The lowest BCUT2D eigenvalue weighted by molar-refractivity contribution is 0.102. The zero-order valence-electron chi connectivity index (χ0n) is 14.3. The highest BCUT2D eigenvalue weighted by Crippen LogP contribution is 2.22. The van der Waals surface area contributed by atoms with Gasteiger partial charge >= 0.3 is 6.09 Å². The van der Waals surface area contributed by atoms with Gasteiger partial charge in [0.05, 0.1) is 5.56 Å². The van der Waals surface area contributed by atoms with Gasteiger partial charge in [-0.1, -0.05) is 48.5 Å². The third-order valence-electron chi connectivity index (χ3n) is 3.78. The monoisotopic (exact) mass is 346 g/mol. The van der Waals surface area contributed by atoms with E-state index in [-0.39, 0.29) is 17.2 Å². The van der Waals surface area contributed by atoms with Gasteiger partial charge in [-0.2, -0.15) is 0 Å². The Balaban J connectivity index is 1.77. The summed E-state index contributed by atoms with van der Waals surface area (Å²) < 4.78 is 5.45. The molecule has 5 nitrogen and oxygen atoms in total. The van der Waals surface area contributed by atoms with Crippen molar-refractivity contribution in [3.63, 3.8) is 0 Å². The van der Waals surface area contributed by atoms with Crippen molar-refractivity contribution >= 4 is 23.4 Å². The van der Waals surface area contributed by atoms with Crippen LogP contribution in [0, 0.1) is 0 Å². The predicted molar refractivity (Wildman–Crippen MR) is 102 cm³/mol. The van der Waals surface area contributed by atoms with E-state index < -0.39 is 6.09 Å². The highest BCUT2D eigenvalue weighted by Gasteiger charge is 2.18. The summed E-state index contributed by atoms with van der Waals surface area (Å²) in [6.45, 7) is 0. The molecule has 0 saturated heterocycles. The van der Waals surface area contributed by atoms with E-state index in [0.29, 0.717) is 11.4 Å². The van der Waals surface area contributed by atoms with Gasteiger partial charge in [0.2, 0.25) is 0 Å². The Hall–Kier alpha value is -3.60. The largest absolute Gasteiger partial charge is 0.419 e. The average molecular weight is 346 g/mol. The Bertz CT molecular complexity index is 895. The molecule has 0 radical (unpaired) electrons. The van der Waals surface area contributed by atoms with Gasteiger partial charge in [0.1, 0.15) is 5.75 Å². The summed E-state index contributed by atoms with van der Waals surface area (Å²) in [6.07, 6.45) is -0.573. The van der Waals surface area contributed by atoms with Crippen molar-refractivity contribution in [2.45, 2.75) is 0 Å². The number of para-hydroxylation sites is 3. The van der Waals surface area contributed by atoms with Crippen LogP contribution in [0.15, 0.2) is 84.9 Å². The number of rotatable bonds is 4. The number of carbonyl (C=O) groups excluding carboxylic acids is 2. The first kappa shape index (κ1) is 17.2. The van der Waals surface area contributed by atoms with Crippen LogP contribution >= 0.6 is 0 Å². The summed E-state index contributed by atoms with van der Waals surface area (Å²) in [4.78, 5) is 26.3. The van der Waals surface area contributed by atoms with Gasteiger partial charge < -0.3 is 10.1 Å². The molecule has 0 atom stereocenters. The maximum Gasteiger partial charge on any atom is 0.419 e. The molecule has 0 unspecified atom stereocenters. The maximum absolute atomic E-state index is 12.5. The van der Waals surface area contributed by atoms with Crippen molar-refractivity contribution in [2.75, 3.05) is 17.3 Å². The first-order chi connectivity index (χ1) is 12.6. The number of nitrogens with one attached hydrogen (secondary N) is 1. The number of hydrogen-bond donors (Lipinski definition) is 1. The van der Waals surface area contributed by atoms with Crippen molar-refractivity contribution < 1.29 is 14.3 Å². The van der Waals surface area contributed by atoms with E-state index in [9.17, 15) is 9.59 Å². The molecule has 26 heavy (non-hydrogen) atoms. The molecule has 3 aromatic rings. The van der Waals surface area contributed by atoms with Crippen molar-refractivity contribution in [1.29, 1.82) is 0 Å². The Kier molecular flexibility index (Phi) is 5.29. The molecule has 130 valence electrons. The molecule has 0 spiro atoms. The molecule has 0 fully saturated rings. The summed E-state index contributed by atoms with van der Waals surface area (Å²) in [5.41, 5.74) is 1.65. The molecule has 0 heterocycles. The number of benzene rings is 3. The van der Waals surface area contributed by atoms with E-state index in [1.54, 1.807) is 55.6 Å². The van der Waals surface area contributed by atoms with Crippen LogP contribution < -0.4 is 15.0 Å². The summed E-state index contributed by atoms with van der Waals surface area (Å²) in [6, 6.07) is 24.9. The first-order valence-corrected chi connectivity index (χ1v) is 8.11. The molecule has 0 aliphatic carbocycles. The summed E-state index contributed by atoms with van der Waals surface area (Å²) in [5.74, 6) is -0.143. The summed E-state index contributed by atoms with van der Waals surface area (Å²) in [5, 5.41) is 2.79. The van der Waals surface area contributed by atoms with Crippen LogP contribution in [0.2, 0.25) is 0 Å². The standard InChI is InChI=1S/C21H18N2O3/c1-23(17-12-6-3-7-13-17)21(25)26-19-15-9-8-14-18(19)20(24)22-16-10-4-2-5-11-16/h2-15H,1H3,(H,22,24). The zero-order valence-corrected chi connectivity index (χ0v) is 14.3. The lowest BCUT2D eigenvalue weighted by Gasteiger charge is -2.18. The SMILES string of the molecule is CN(C(=O)Oc1ccccc1C(=O)Nc1ccccc1)c1ccccc1. The summed E-state index contributed by atoms with van der Waals surface area (Å²) >= 11 is 0. The van der Waals surface area contributed by atoms with Crippen LogP contribution in [0.4, 0.5) is 16.2 Å². The van der Waals surface area contributed by atoms with E-state index in [1.807, 2.05) is 36.4 Å². The Morgan fingerprint density at radius 2 is 1.38 bits per heavy atom. The highest BCUT2D eigenvalue weighted by molar-refractivity contribution is 6.06. The number of amides is 2. The quantitative estimate of drug-likeness (QED) is 0.752. The minimum absolute atomic E-state index is 0.203. The van der Waals surface area contributed by atoms with Gasteiger partial charge in [-0.05, 0) is 36.4 Å². The molecule has 1 N–H and O–H groups in total. The fourth-order valence-electron chi connectivity index (χ4n) is 2.38. The molecule has 0 saturated carbocycles. The number of hydrogen-bond acceptors (Lipinski definition) is 3. The second kappa shape index (κ2) is 7.98. The van der Waals surface area contributed by atoms with Crippen molar-refractivity contribution in [2.24, 2.45) is 0 Å². The molecule has 0 aliphatic rings. The van der Waals surface area contributed by atoms with Crippen molar-refractivity contribution in [1.82, 2.24) is 0 Å². The normalized spacial score (nSPS) is 10.0. The number of anilines is 2. The van der Waals surface area contributed by atoms with E-state index in [0.717, 1.165) is 0 Å². The first-order valence-electron chi connectivity index (χ1n) is 8.11. The zero-order chi connectivity index (χ0) is 18.4. The Labute approximate surface area is 151 Å². The van der Waals surface area contributed by atoms with E-state index in [4.69, 9.17) is 4.74 Å². The summed E-state index contributed by atoms with van der Waals surface area (Å²) in [7, 11) is 1.62. The Morgan fingerprint density at radius 3 is 2.08 bits per heavy atom. The van der Waals surface area contributed by atoms with Crippen molar-refractivity contribution in [3.05, 3.63) is 90.5 Å². The molecule has 3 rings (SSSR count). The molecule has 2 amide bonds. The minimum atomic E-state index is -0.573. The molecule has 0 aromatic heterocycles. The van der Waals surface area contributed by atoms with Crippen LogP contribution in [0.3, 0.4) is 0 Å². The number of carbonyl (C=O) groups is 2. The van der Waals surface area contributed by atoms with Gasteiger partial charge in [-0.15, -0.1) is 0 Å². The van der Waals surface area contributed by atoms with Crippen LogP contribution in [0.5, 0.6) is 5.75 Å². The second-order valence-electron chi connectivity index (χ2n) is 5.58. The van der Waals surface area contributed by atoms with Gasteiger partial charge in [-0.3, -0.25) is 9.69 Å². The smallest absolute Gasteiger partial charge is 0.409 e. The highest BCUT2D eigenvalue weighted by atomic mass is 16.6. The minimum Gasteiger partial charge on any atom is -0.409 e. The second-order valence-corrected chi connectivity index (χ2v) is 5.58. The third-order valence-corrected chi connectivity index (χ3v) is 3.78. The lowest BCUT2D eigenvalue weighted by atomic mass is 10.2. The fourth-order valence-corrected chi connectivity index (χ4v) is 2.38. The lowest BCUT2D eigenvalue weighted by Crippen LogP contribution is -2.30. The van der Waals surface area contributed by atoms with Crippen LogP contribution in [0.25, 0.3) is 0 Å². The number of ether oxygens (including phenoxy) is 1. The van der Waals surface area contributed by atoms with Crippen LogP contribution in [-0.4, -0.2) is 19.0 Å². The molecule has 5 heteroatoms. The molecule has 0 aliphatic heterocycles. The maximum atomic E-state index is 12.5. The molecule has 0 bridgehead atoms. The molecule has 3 aromatic carbocycles. The topological polar surface area (TPSA) is 58.6 Å². The molecular weight excluding hydrogens is 328 g/mol. The third kappa shape index (κ3) is 4.08. The van der Waals surface area contributed by atoms with Gasteiger partial charge in [-0.25, -0.2) is 4.79 Å². The number of nitrogens with zero attached hydrogens (tertiary/aromatic N) is 1. The van der Waals surface area contributed by atoms with Crippen LogP contribution in [-0.2, 0) is 0 Å². The molecular formula is C21H18N2O3. The average Bonchev–Trinajstić information content (AvgIpc) is 2.69. The Morgan fingerprint density at radius 1 is 0.808 bits per heavy atom. The van der Waals surface area contributed by atoms with E-state index in [2.05, 4.69) is 5.32 Å². The van der Waals surface area contributed by atoms with Crippen LogP contribution in [0.1, 0.15) is 10.4 Å². The van der Waals surface area contributed by atoms with E-state index in [1.165, 1.54) is 4.90 Å². The van der Waals surface area contributed by atoms with E-state index >= 15 is 0 Å². The fraction of sp³-hybridized carbons (Fsp3) is 0.0476. The van der Waals surface area contributed by atoms with Gasteiger partial charge in [0, 0.05) is 18.4 Å². The predicted octanol–water partition coefficient (Wildman–Crippen LogP) is 4.57.